The topological polar surface area (TPSA) is 35.5 Å². The first kappa shape index (κ1) is 14.8. The molecule has 0 unspecified atom stereocenters. The van der Waals surface area contributed by atoms with Crippen LogP contribution in [0.1, 0.15) is 22.8 Å². The predicted octanol–water partition coefficient (Wildman–Crippen LogP) is 4.02. The smallest absolute Gasteiger partial charge is 0.345 e. The number of halogens is 1. The number of hydrogen-bond acceptors (Lipinski definition) is 3. The molecule has 108 valence electrons. The molecule has 2 aromatic rings. The van der Waals surface area contributed by atoms with Gasteiger partial charge in [0.2, 0.25) is 0 Å². The lowest BCUT2D eigenvalue weighted by molar-refractivity contribution is 0.0301. The van der Waals surface area contributed by atoms with Crippen molar-refractivity contribution in [2.75, 3.05) is 6.61 Å². The summed E-state index contributed by atoms with van der Waals surface area (Å²) in [4.78, 5) is 12.0. The van der Waals surface area contributed by atoms with Crippen LogP contribution in [-0.2, 0) is 9.47 Å². The van der Waals surface area contributed by atoms with Gasteiger partial charge < -0.3 is 9.47 Å². The van der Waals surface area contributed by atoms with Crippen molar-refractivity contribution in [3.63, 3.8) is 0 Å². The third kappa shape index (κ3) is 4.45. The zero-order valence-electron chi connectivity index (χ0n) is 11.6. The Kier molecular flexibility index (Phi) is 5.10. The number of ether oxygens (including phenoxy) is 2. The molecule has 0 fully saturated rings. The lowest BCUT2D eigenvalue weighted by Gasteiger charge is -2.09. The molecule has 3 nitrogen and oxygen atoms in total. The van der Waals surface area contributed by atoms with Crippen LogP contribution < -0.4 is 0 Å². The predicted molar refractivity (Wildman–Crippen MR) is 77.9 cm³/mol. The molecule has 21 heavy (non-hydrogen) atoms. The summed E-state index contributed by atoms with van der Waals surface area (Å²) in [5, 5.41) is 0. The average Bonchev–Trinajstić information content (AvgIpc) is 2.50. The molecule has 0 spiro atoms. The lowest BCUT2D eigenvalue weighted by Crippen LogP contribution is -2.07. The van der Waals surface area contributed by atoms with Gasteiger partial charge in [-0.25, -0.2) is 9.18 Å². The molecule has 0 N–H and O–H groups in total. The lowest BCUT2D eigenvalue weighted by atomic mass is 10.2. The maximum atomic E-state index is 12.9. The second-order valence-electron chi connectivity index (χ2n) is 4.20. The molecule has 0 aliphatic heterocycles. The quantitative estimate of drug-likeness (QED) is 0.615. The minimum atomic E-state index is -0.502. The van der Waals surface area contributed by atoms with E-state index in [0.29, 0.717) is 17.7 Å². The van der Waals surface area contributed by atoms with E-state index >= 15 is 0 Å². The minimum absolute atomic E-state index is 0.0814. The van der Waals surface area contributed by atoms with E-state index in [1.54, 1.807) is 49.4 Å². The average molecular weight is 286 g/mol. The van der Waals surface area contributed by atoms with Crippen molar-refractivity contribution in [1.29, 1.82) is 0 Å². The van der Waals surface area contributed by atoms with Gasteiger partial charge in [-0.1, -0.05) is 30.3 Å². The molecule has 0 heterocycles. The SMILES string of the molecule is CCO/C(=C/c1ccc(F)cc1)OC(=O)c1ccccc1. The van der Waals surface area contributed by atoms with E-state index in [4.69, 9.17) is 9.47 Å². The van der Waals surface area contributed by atoms with E-state index in [-0.39, 0.29) is 11.8 Å². The first-order chi connectivity index (χ1) is 10.2. The number of hydrogen-bond donors (Lipinski definition) is 0. The Labute approximate surface area is 122 Å². The Hall–Kier alpha value is -2.62. The van der Waals surface area contributed by atoms with Crippen LogP contribution in [-0.4, -0.2) is 12.6 Å². The van der Waals surface area contributed by atoms with Gasteiger partial charge in [0, 0.05) is 6.08 Å². The van der Waals surface area contributed by atoms with Gasteiger partial charge in [-0.3, -0.25) is 0 Å². The van der Waals surface area contributed by atoms with Crippen LogP contribution in [0.4, 0.5) is 4.39 Å². The monoisotopic (exact) mass is 286 g/mol. The second-order valence-corrected chi connectivity index (χ2v) is 4.20. The molecule has 0 radical (unpaired) electrons. The van der Waals surface area contributed by atoms with E-state index in [2.05, 4.69) is 0 Å². The maximum absolute atomic E-state index is 12.9. The van der Waals surface area contributed by atoms with Gasteiger partial charge in [0.15, 0.2) is 0 Å². The van der Waals surface area contributed by atoms with Crippen molar-refractivity contribution in [2.24, 2.45) is 0 Å². The molecule has 0 aliphatic rings. The highest BCUT2D eigenvalue weighted by Crippen LogP contribution is 2.13. The molecule has 0 saturated carbocycles. The van der Waals surface area contributed by atoms with Crippen LogP contribution in [0.5, 0.6) is 0 Å². The fourth-order valence-corrected chi connectivity index (χ4v) is 1.66. The van der Waals surface area contributed by atoms with Gasteiger partial charge in [0.05, 0.1) is 12.2 Å². The van der Waals surface area contributed by atoms with Crippen LogP contribution in [0.25, 0.3) is 6.08 Å². The molecule has 4 heteroatoms. The summed E-state index contributed by atoms with van der Waals surface area (Å²) in [6.07, 6.45) is 1.55. The summed E-state index contributed by atoms with van der Waals surface area (Å²) in [6, 6.07) is 14.4. The molecular weight excluding hydrogens is 271 g/mol. The highest BCUT2D eigenvalue weighted by molar-refractivity contribution is 5.90. The summed E-state index contributed by atoms with van der Waals surface area (Å²) in [7, 11) is 0. The summed E-state index contributed by atoms with van der Waals surface area (Å²) < 4.78 is 23.4. The Morgan fingerprint density at radius 3 is 2.38 bits per heavy atom. The Balaban J connectivity index is 2.15. The number of carbonyl (C=O) groups excluding carboxylic acids is 1. The third-order valence-electron chi connectivity index (χ3n) is 2.64. The van der Waals surface area contributed by atoms with E-state index in [0.717, 1.165) is 0 Å². The number of esters is 1. The molecule has 0 amide bonds. The largest absolute Gasteiger partial charge is 0.465 e. The van der Waals surface area contributed by atoms with Crippen molar-refractivity contribution in [3.8, 4) is 0 Å². The van der Waals surface area contributed by atoms with E-state index in [1.807, 2.05) is 6.07 Å². The standard InChI is InChI=1S/C17H15FO3/c1-2-20-16(12-13-8-10-15(18)11-9-13)21-17(19)14-6-4-3-5-7-14/h3-12H,2H2,1H3/b16-12-. The molecular formula is C17H15FO3. The molecule has 0 bridgehead atoms. The van der Waals surface area contributed by atoms with Crippen molar-refractivity contribution in [2.45, 2.75) is 6.92 Å². The van der Waals surface area contributed by atoms with E-state index in [9.17, 15) is 9.18 Å². The van der Waals surface area contributed by atoms with Crippen molar-refractivity contribution >= 4 is 12.0 Å². The fraction of sp³-hybridized carbons (Fsp3) is 0.118. The fourth-order valence-electron chi connectivity index (χ4n) is 1.66. The number of carbonyl (C=O) groups is 1. The highest BCUT2D eigenvalue weighted by atomic mass is 19.1. The normalized spacial score (nSPS) is 11.0. The molecule has 0 saturated heterocycles. The zero-order chi connectivity index (χ0) is 15.1. The number of benzene rings is 2. The van der Waals surface area contributed by atoms with Crippen LogP contribution in [0.2, 0.25) is 0 Å². The Morgan fingerprint density at radius 2 is 1.76 bits per heavy atom. The van der Waals surface area contributed by atoms with E-state index in [1.165, 1.54) is 12.1 Å². The van der Waals surface area contributed by atoms with Gasteiger partial charge >= 0.3 is 5.97 Å². The second kappa shape index (κ2) is 7.24. The van der Waals surface area contributed by atoms with Crippen molar-refractivity contribution < 1.29 is 18.7 Å². The maximum Gasteiger partial charge on any atom is 0.345 e. The summed E-state index contributed by atoms with van der Waals surface area (Å²) in [6.45, 7) is 2.14. The molecule has 0 atom stereocenters. The number of rotatable bonds is 5. The van der Waals surface area contributed by atoms with Gasteiger partial charge in [-0.15, -0.1) is 0 Å². The first-order valence-electron chi connectivity index (χ1n) is 6.56. The van der Waals surface area contributed by atoms with Crippen LogP contribution in [0, 0.1) is 5.82 Å². The third-order valence-corrected chi connectivity index (χ3v) is 2.64. The summed E-state index contributed by atoms with van der Waals surface area (Å²) >= 11 is 0. The minimum Gasteiger partial charge on any atom is -0.465 e. The van der Waals surface area contributed by atoms with Crippen LogP contribution in [0.15, 0.2) is 60.5 Å². The molecule has 0 aliphatic carbocycles. The first-order valence-corrected chi connectivity index (χ1v) is 6.56. The van der Waals surface area contributed by atoms with Crippen molar-refractivity contribution in [1.82, 2.24) is 0 Å². The van der Waals surface area contributed by atoms with Gasteiger partial charge in [-0.05, 0) is 36.8 Å². The molecule has 2 rings (SSSR count). The van der Waals surface area contributed by atoms with E-state index < -0.39 is 5.97 Å². The van der Waals surface area contributed by atoms with Gasteiger partial charge in [-0.2, -0.15) is 0 Å². The van der Waals surface area contributed by atoms with Gasteiger partial charge in [0.25, 0.3) is 5.95 Å². The van der Waals surface area contributed by atoms with Crippen LogP contribution in [0.3, 0.4) is 0 Å². The Morgan fingerprint density at radius 1 is 1.10 bits per heavy atom. The summed E-state index contributed by atoms with van der Waals surface area (Å²) in [5.74, 6) is -0.748. The zero-order valence-corrected chi connectivity index (χ0v) is 11.6. The molecule has 2 aromatic carbocycles. The molecule has 0 aromatic heterocycles. The summed E-state index contributed by atoms with van der Waals surface area (Å²) in [5.41, 5.74) is 1.11. The van der Waals surface area contributed by atoms with Gasteiger partial charge in [0.1, 0.15) is 5.82 Å². The Bertz CT molecular complexity index is 618. The highest BCUT2D eigenvalue weighted by Gasteiger charge is 2.10. The van der Waals surface area contributed by atoms with Crippen LogP contribution >= 0.6 is 0 Å². The van der Waals surface area contributed by atoms with Crippen molar-refractivity contribution in [3.05, 3.63) is 77.5 Å².